The van der Waals surface area contributed by atoms with Crippen LogP contribution in [0.1, 0.15) is 25.0 Å². The SMILES string of the molecule is CCc1c(N)ccc2nc(-c3ccc(-c4ncccc4C(F)(F)F)cc3)n(CC)c12. The summed E-state index contributed by atoms with van der Waals surface area (Å²) in [5.41, 5.74) is 10.2. The third kappa shape index (κ3) is 3.30. The molecule has 0 spiro atoms. The summed E-state index contributed by atoms with van der Waals surface area (Å²) in [4.78, 5) is 8.74. The average Bonchev–Trinajstić information content (AvgIpc) is 3.12. The van der Waals surface area contributed by atoms with Crippen LogP contribution >= 0.6 is 0 Å². The van der Waals surface area contributed by atoms with Gasteiger partial charge in [-0.1, -0.05) is 31.2 Å². The van der Waals surface area contributed by atoms with Crippen LogP contribution in [0.3, 0.4) is 0 Å². The van der Waals surface area contributed by atoms with E-state index in [-0.39, 0.29) is 5.69 Å². The molecule has 0 amide bonds. The van der Waals surface area contributed by atoms with Crippen LogP contribution < -0.4 is 5.73 Å². The molecule has 0 atom stereocenters. The lowest BCUT2D eigenvalue weighted by Crippen LogP contribution is -2.08. The van der Waals surface area contributed by atoms with Crippen LogP contribution in [-0.4, -0.2) is 14.5 Å². The summed E-state index contributed by atoms with van der Waals surface area (Å²) in [5.74, 6) is 0.761. The van der Waals surface area contributed by atoms with Crippen molar-refractivity contribution in [1.29, 1.82) is 0 Å². The minimum Gasteiger partial charge on any atom is -0.398 e. The Balaban J connectivity index is 1.82. The average molecular weight is 410 g/mol. The predicted octanol–water partition coefficient (Wildman–Crippen LogP) is 5.95. The van der Waals surface area contributed by atoms with Gasteiger partial charge in [0.25, 0.3) is 0 Å². The lowest BCUT2D eigenvalue weighted by atomic mass is 10.0. The number of hydrogen-bond acceptors (Lipinski definition) is 3. The molecule has 4 nitrogen and oxygen atoms in total. The number of imidazole rings is 1. The molecule has 2 aromatic carbocycles. The van der Waals surface area contributed by atoms with Gasteiger partial charge in [-0.2, -0.15) is 13.2 Å². The fourth-order valence-corrected chi connectivity index (χ4v) is 3.85. The van der Waals surface area contributed by atoms with Crippen LogP contribution in [0.15, 0.2) is 54.7 Å². The highest BCUT2D eigenvalue weighted by Crippen LogP contribution is 2.36. The van der Waals surface area contributed by atoms with Crippen molar-refractivity contribution in [1.82, 2.24) is 14.5 Å². The van der Waals surface area contributed by atoms with Crippen LogP contribution in [0.25, 0.3) is 33.7 Å². The first kappa shape index (κ1) is 19.9. The predicted molar refractivity (Wildman–Crippen MR) is 113 cm³/mol. The molecule has 2 heterocycles. The van der Waals surface area contributed by atoms with Crippen molar-refractivity contribution in [2.45, 2.75) is 33.0 Å². The number of halogens is 3. The third-order valence-corrected chi connectivity index (χ3v) is 5.25. The van der Waals surface area contributed by atoms with E-state index in [9.17, 15) is 13.2 Å². The lowest BCUT2D eigenvalue weighted by molar-refractivity contribution is -0.137. The van der Waals surface area contributed by atoms with Crippen molar-refractivity contribution in [3.05, 3.63) is 65.9 Å². The molecule has 0 aliphatic heterocycles. The monoisotopic (exact) mass is 410 g/mol. The summed E-state index contributed by atoms with van der Waals surface area (Å²) < 4.78 is 42.1. The molecule has 30 heavy (non-hydrogen) atoms. The van der Waals surface area contributed by atoms with E-state index >= 15 is 0 Å². The molecule has 0 aliphatic carbocycles. The smallest absolute Gasteiger partial charge is 0.398 e. The Hall–Kier alpha value is -3.35. The molecule has 4 rings (SSSR count). The van der Waals surface area contributed by atoms with E-state index in [1.54, 1.807) is 24.3 Å². The highest BCUT2D eigenvalue weighted by Gasteiger charge is 2.34. The molecular weight excluding hydrogens is 389 g/mol. The standard InChI is InChI=1S/C23H21F3N4/c1-3-16-18(27)11-12-19-21(16)30(4-2)22(29-19)15-9-7-14(8-10-15)20-17(23(24,25)26)6-5-13-28-20/h5-13H,3-4,27H2,1-2H3. The van der Waals surface area contributed by atoms with Crippen LogP contribution in [0, 0.1) is 0 Å². The van der Waals surface area contributed by atoms with E-state index in [2.05, 4.69) is 16.5 Å². The lowest BCUT2D eigenvalue weighted by Gasteiger charge is -2.13. The first-order chi connectivity index (χ1) is 14.3. The summed E-state index contributed by atoms with van der Waals surface area (Å²) in [6.45, 7) is 4.78. The van der Waals surface area contributed by atoms with Gasteiger partial charge in [0, 0.05) is 35.1 Å². The van der Waals surface area contributed by atoms with Crippen LogP contribution in [0.5, 0.6) is 0 Å². The van der Waals surface area contributed by atoms with Crippen LogP contribution in [0.4, 0.5) is 18.9 Å². The Morgan fingerprint density at radius 2 is 1.67 bits per heavy atom. The number of rotatable bonds is 4. The van der Waals surface area contributed by atoms with E-state index in [1.807, 2.05) is 19.1 Å². The van der Waals surface area contributed by atoms with Gasteiger partial charge in [-0.25, -0.2) is 4.98 Å². The number of benzene rings is 2. The number of alkyl halides is 3. The van der Waals surface area contributed by atoms with E-state index in [0.29, 0.717) is 12.1 Å². The van der Waals surface area contributed by atoms with Gasteiger partial charge in [0.15, 0.2) is 0 Å². The summed E-state index contributed by atoms with van der Waals surface area (Å²) >= 11 is 0. The third-order valence-electron chi connectivity index (χ3n) is 5.25. The first-order valence-electron chi connectivity index (χ1n) is 9.75. The van der Waals surface area contributed by atoms with E-state index < -0.39 is 11.7 Å². The van der Waals surface area contributed by atoms with Gasteiger partial charge in [-0.3, -0.25) is 4.98 Å². The molecule has 0 saturated carbocycles. The fourth-order valence-electron chi connectivity index (χ4n) is 3.85. The van der Waals surface area contributed by atoms with Crippen molar-refractivity contribution in [3.63, 3.8) is 0 Å². The Labute approximate surface area is 172 Å². The van der Waals surface area contributed by atoms with Gasteiger partial charge >= 0.3 is 6.18 Å². The van der Waals surface area contributed by atoms with E-state index in [4.69, 9.17) is 10.7 Å². The molecule has 0 saturated heterocycles. The maximum atomic E-state index is 13.3. The maximum absolute atomic E-state index is 13.3. The van der Waals surface area contributed by atoms with Gasteiger partial charge < -0.3 is 10.3 Å². The summed E-state index contributed by atoms with van der Waals surface area (Å²) in [7, 11) is 0. The van der Waals surface area contributed by atoms with Crippen molar-refractivity contribution in [2.75, 3.05) is 5.73 Å². The zero-order valence-corrected chi connectivity index (χ0v) is 16.7. The number of anilines is 1. The van der Waals surface area contributed by atoms with Crippen molar-refractivity contribution in [2.24, 2.45) is 0 Å². The van der Waals surface area contributed by atoms with E-state index in [0.717, 1.165) is 46.2 Å². The second kappa shape index (κ2) is 7.48. The molecule has 0 fully saturated rings. The van der Waals surface area contributed by atoms with Crippen molar-refractivity contribution in [3.8, 4) is 22.6 Å². The molecule has 0 radical (unpaired) electrons. The number of aryl methyl sites for hydroxylation is 2. The Bertz CT molecular complexity index is 1210. The van der Waals surface area contributed by atoms with Gasteiger partial charge in [0.1, 0.15) is 5.82 Å². The van der Waals surface area contributed by atoms with Crippen molar-refractivity contribution >= 4 is 16.7 Å². The van der Waals surface area contributed by atoms with Crippen molar-refractivity contribution < 1.29 is 13.2 Å². The molecule has 0 bridgehead atoms. The molecule has 7 heteroatoms. The van der Waals surface area contributed by atoms with Crippen LogP contribution in [0.2, 0.25) is 0 Å². The van der Waals surface area contributed by atoms with Gasteiger partial charge in [0.05, 0.1) is 22.3 Å². The zero-order chi connectivity index (χ0) is 21.5. The number of fused-ring (bicyclic) bond motifs is 1. The molecular formula is C23H21F3N4. The number of nitrogens with two attached hydrogens (primary N) is 1. The first-order valence-corrected chi connectivity index (χ1v) is 9.75. The number of hydrogen-bond donors (Lipinski definition) is 1. The number of pyridine rings is 1. The van der Waals surface area contributed by atoms with Gasteiger partial charge in [-0.05, 0) is 37.6 Å². The highest BCUT2D eigenvalue weighted by atomic mass is 19.4. The summed E-state index contributed by atoms with van der Waals surface area (Å²) in [6.07, 6.45) is -2.31. The topological polar surface area (TPSA) is 56.7 Å². The minimum absolute atomic E-state index is 0.0819. The van der Waals surface area contributed by atoms with Gasteiger partial charge in [0.2, 0.25) is 0 Å². The summed E-state index contributed by atoms with van der Waals surface area (Å²) in [5, 5.41) is 0. The Morgan fingerprint density at radius 1 is 0.967 bits per heavy atom. The normalized spacial score (nSPS) is 11.9. The Kier molecular flexibility index (Phi) is 4.97. The number of aromatic nitrogens is 3. The minimum atomic E-state index is -4.46. The maximum Gasteiger partial charge on any atom is 0.418 e. The van der Waals surface area contributed by atoms with Crippen LogP contribution in [-0.2, 0) is 19.1 Å². The molecule has 154 valence electrons. The molecule has 2 aromatic heterocycles. The molecule has 2 N–H and O–H groups in total. The number of nitrogens with zero attached hydrogens (tertiary/aromatic N) is 3. The van der Waals surface area contributed by atoms with Gasteiger partial charge in [-0.15, -0.1) is 0 Å². The number of nitrogen functional groups attached to an aromatic ring is 1. The largest absolute Gasteiger partial charge is 0.418 e. The molecule has 0 unspecified atom stereocenters. The quantitative estimate of drug-likeness (QED) is 0.423. The molecule has 4 aromatic rings. The Morgan fingerprint density at radius 3 is 2.30 bits per heavy atom. The van der Waals surface area contributed by atoms with E-state index in [1.165, 1.54) is 12.3 Å². The second-order valence-electron chi connectivity index (χ2n) is 7.01. The fraction of sp³-hybridized carbons (Fsp3) is 0.217. The molecule has 0 aliphatic rings. The zero-order valence-electron chi connectivity index (χ0n) is 16.7. The highest BCUT2D eigenvalue weighted by molar-refractivity contribution is 5.87. The second-order valence-corrected chi connectivity index (χ2v) is 7.01. The summed E-state index contributed by atoms with van der Waals surface area (Å²) in [6, 6.07) is 13.0.